The largest absolute Gasteiger partial charge is 0.458 e. The lowest BCUT2D eigenvalue weighted by Gasteiger charge is -2.24. The number of hydrogen-bond acceptors (Lipinski definition) is 4. The first-order valence-electron chi connectivity index (χ1n) is 6.98. The fourth-order valence-electron chi connectivity index (χ4n) is 1.78. The lowest BCUT2D eigenvalue weighted by atomic mass is 10.1. The van der Waals surface area contributed by atoms with Gasteiger partial charge in [0.05, 0.1) is 6.54 Å². The SMILES string of the molecule is CC(C)(C)OC(=O)C(Cc1ccccc1)NC(=O)CN[C]=O. The number of benzene rings is 1. The number of hydrogen-bond donors (Lipinski definition) is 2. The highest BCUT2D eigenvalue weighted by Gasteiger charge is 2.26. The third kappa shape index (κ3) is 6.88. The van der Waals surface area contributed by atoms with Gasteiger partial charge >= 0.3 is 12.4 Å². The number of carbonyl (C=O) groups is 2. The van der Waals surface area contributed by atoms with E-state index in [0.717, 1.165) is 5.56 Å². The van der Waals surface area contributed by atoms with E-state index in [2.05, 4.69) is 10.6 Å². The monoisotopic (exact) mass is 305 g/mol. The Kier molecular flexibility index (Phi) is 6.56. The summed E-state index contributed by atoms with van der Waals surface area (Å²) in [5, 5.41) is 4.70. The molecule has 0 aliphatic rings. The topological polar surface area (TPSA) is 84.5 Å². The van der Waals surface area contributed by atoms with Crippen LogP contribution < -0.4 is 10.6 Å². The van der Waals surface area contributed by atoms with Crippen molar-refractivity contribution in [3.8, 4) is 0 Å². The molecule has 6 nitrogen and oxygen atoms in total. The van der Waals surface area contributed by atoms with E-state index in [9.17, 15) is 14.4 Å². The number of carbonyl (C=O) groups excluding carboxylic acids is 3. The van der Waals surface area contributed by atoms with Gasteiger partial charge in [0.25, 0.3) is 0 Å². The second-order valence-corrected chi connectivity index (χ2v) is 5.80. The van der Waals surface area contributed by atoms with Crippen molar-refractivity contribution >= 4 is 18.3 Å². The highest BCUT2D eigenvalue weighted by molar-refractivity contribution is 5.86. The van der Waals surface area contributed by atoms with Crippen LogP contribution in [-0.4, -0.2) is 36.5 Å². The van der Waals surface area contributed by atoms with Crippen LogP contribution in [0.2, 0.25) is 0 Å². The van der Waals surface area contributed by atoms with E-state index in [0.29, 0.717) is 6.42 Å². The van der Waals surface area contributed by atoms with Gasteiger partial charge in [-0.1, -0.05) is 30.3 Å². The van der Waals surface area contributed by atoms with E-state index in [1.807, 2.05) is 30.3 Å². The van der Waals surface area contributed by atoms with Crippen molar-refractivity contribution in [1.29, 1.82) is 0 Å². The Labute approximate surface area is 130 Å². The molecule has 1 atom stereocenters. The average molecular weight is 305 g/mol. The van der Waals surface area contributed by atoms with Gasteiger partial charge in [0.1, 0.15) is 11.6 Å². The van der Waals surface area contributed by atoms with Crippen molar-refractivity contribution in [3.05, 3.63) is 35.9 Å². The fourth-order valence-corrected chi connectivity index (χ4v) is 1.78. The van der Waals surface area contributed by atoms with Crippen LogP contribution in [0.25, 0.3) is 0 Å². The summed E-state index contributed by atoms with van der Waals surface area (Å²) in [4.78, 5) is 34.1. The zero-order valence-corrected chi connectivity index (χ0v) is 13.0. The highest BCUT2D eigenvalue weighted by Crippen LogP contribution is 2.11. The molecule has 1 unspecified atom stereocenters. The zero-order chi connectivity index (χ0) is 16.6. The quantitative estimate of drug-likeness (QED) is 0.574. The third-order valence-corrected chi connectivity index (χ3v) is 2.63. The Bertz CT molecular complexity index is 509. The lowest BCUT2D eigenvalue weighted by molar-refractivity contribution is -0.158. The molecule has 2 N–H and O–H groups in total. The van der Waals surface area contributed by atoms with Crippen molar-refractivity contribution in [1.82, 2.24) is 10.6 Å². The van der Waals surface area contributed by atoms with Gasteiger partial charge in [-0.15, -0.1) is 0 Å². The molecule has 1 rings (SSSR count). The molecule has 0 spiro atoms. The number of ether oxygens (including phenoxy) is 1. The molecule has 1 aromatic rings. The van der Waals surface area contributed by atoms with Gasteiger partial charge in [0, 0.05) is 6.42 Å². The summed E-state index contributed by atoms with van der Waals surface area (Å²) < 4.78 is 5.33. The van der Waals surface area contributed by atoms with E-state index in [-0.39, 0.29) is 6.54 Å². The van der Waals surface area contributed by atoms with Crippen LogP contribution in [0.5, 0.6) is 0 Å². The third-order valence-electron chi connectivity index (χ3n) is 2.63. The van der Waals surface area contributed by atoms with Crippen LogP contribution in [0, 0.1) is 0 Å². The first-order valence-corrected chi connectivity index (χ1v) is 6.98. The molecule has 0 bridgehead atoms. The van der Waals surface area contributed by atoms with Gasteiger partial charge in [-0.2, -0.15) is 0 Å². The summed E-state index contributed by atoms with van der Waals surface area (Å²) in [7, 11) is 0. The van der Waals surface area contributed by atoms with Crippen molar-refractivity contribution in [2.75, 3.05) is 6.54 Å². The summed E-state index contributed by atoms with van der Waals surface area (Å²) in [6.45, 7) is 5.04. The van der Waals surface area contributed by atoms with E-state index in [1.165, 1.54) is 6.41 Å². The molecule has 0 aliphatic heterocycles. The van der Waals surface area contributed by atoms with Gasteiger partial charge in [-0.3, -0.25) is 9.59 Å². The first kappa shape index (κ1) is 17.7. The van der Waals surface area contributed by atoms with Crippen LogP contribution in [0.3, 0.4) is 0 Å². The van der Waals surface area contributed by atoms with Crippen LogP contribution in [0.4, 0.5) is 0 Å². The fraction of sp³-hybridized carbons (Fsp3) is 0.438. The minimum atomic E-state index is -0.817. The molecular formula is C16H21N2O4. The van der Waals surface area contributed by atoms with Gasteiger partial charge < -0.3 is 15.4 Å². The number of rotatable bonds is 7. The maximum absolute atomic E-state index is 12.2. The molecule has 0 aliphatic carbocycles. The molecule has 1 radical (unpaired) electrons. The number of esters is 1. The lowest BCUT2D eigenvalue weighted by Crippen LogP contribution is -2.47. The predicted molar refractivity (Wildman–Crippen MR) is 81.6 cm³/mol. The Hall–Kier alpha value is -2.37. The Balaban J connectivity index is 2.77. The second kappa shape index (κ2) is 8.17. The molecule has 2 amide bonds. The molecular weight excluding hydrogens is 284 g/mol. The summed E-state index contributed by atoms with van der Waals surface area (Å²) in [6.07, 6.45) is 1.72. The molecule has 119 valence electrons. The first-order chi connectivity index (χ1) is 10.3. The standard InChI is InChI=1S/C16H21N2O4/c1-16(2,3)22-15(21)13(18-14(20)10-17-11-19)9-12-7-5-4-6-8-12/h4-8,13H,9-10H2,1-3H3,(H,17,19)(H,18,20). The molecule has 0 aromatic heterocycles. The summed E-state index contributed by atoms with van der Waals surface area (Å²) in [5.41, 5.74) is 0.250. The highest BCUT2D eigenvalue weighted by atomic mass is 16.6. The van der Waals surface area contributed by atoms with Gasteiger partial charge in [0.15, 0.2) is 0 Å². The van der Waals surface area contributed by atoms with Crippen LogP contribution in [0.15, 0.2) is 30.3 Å². The van der Waals surface area contributed by atoms with Gasteiger partial charge in [-0.25, -0.2) is 4.79 Å². The van der Waals surface area contributed by atoms with Crippen molar-refractivity contribution in [2.45, 2.75) is 38.8 Å². The molecule has 6 heteroatoms. The van der Waals surface area contributed by atoms with E-state index < -0.39 is 23.5 Å². The van der Waals surface area contributed by atoms with E-state index in [4.69, 9.17) is 4.74 Å². The van der Waals surface area contributed by atoms with Gasteiger partial charge in [-0.05, 0) is 26.3 Å². The Morgan fingerprint density at radius 2 is 1.86 bits per heavy atom. The van der Waals surface area contributed by atoms with E-state index >= 15 is 0 Å². The van der Waals surface area contributed by atoms with Crippen LogP contribution >= 0.6 is 0 Å². The summed E-state index contributed by atoms with van der Waals surface area (Å²) in [5.74, 6) is -0.991. The minimum absolute atomic E-state index is 0.239. The molecule has 0 saturated carbocycles. The van der Waals surface area contributed by atoms with Crippen molar-refractivity contribution < 1.29 is 19.1 Å². The summed E-state index contributed by atoms with van der Waals surface area (Å²) in [6, 6.07) is 8.48. The predicted octanol–water partition coefficient (Wildman–Crippen LogP) is 0.712. The molecule has 0 saturated heterocycles. The molecule has 22 heavy (non-hydrogen) atoms. The number of amides is 2. The molecule has 1 aromatic carbocycles. The van der Waals surface area contributed by atoms with E-state index in [1.54, 1.807) is 20.8 Å². The number of nitrogens with one attached hydrogen (secondary N) is 2. The zero-order valence-electron chi connectivity index (χ0n) is 13.0. The maximum atomic E-state index is 12.2. The average Bonchev–Trinajstić information content (AvgIpc) is 2.43. The Morgan fingerprint density at radius 1 is 1.23 bits per heavy atom. The second-order valence-electron chi connectivity index (χ2n) is 5.80. The Morgan fingerprint density at radius 3 is 2.41 bits per heavy atom. The van der Waals surface area contributed by atoms with Crippen molar-refractivity contribution in [2.24, 2.45) is 0 Å². The minimum Gasteiger partial charge on any atom is -0.458 e. The smallest absolute Gasteiger partial charge is 0.329 e. The normalized spacial score (nSPS) is 12.1. The molecule has 0 heterocycles. The van der Waals surface area contributed by atoms with Crippen LogP contribution in [0.1, 0.15) is 26.3 Å². The maximum Gasteiger partial charge on any atom is 0.329 e. The molecule has 0 fully saturated rings. The van der Waals surface area contributed by atoms with Crippen molar-refractivity contribution in [3.63, 3.8) is 0 Å². The summed E-state index contributed by atoms with van der Waals surface area (Å²) >= 11 is 0. The van der Waals surface area contributed by atoms with Crippen LogP contribution in [-0.2, 0) is 25.5 Å². The van der Waals surface area contributed by atoms with Gasteiger partial charge in [0.2, 0.25) is 5.91 Å².